The number of amidine groups is 1. The summed E-state index contributed by atoms with van der Waals surface area (Å²) in [5, 5.41) is 7.24. The van der Waals surface area contributed by atoms with E-state index in [1.165, 1.54) is 0 Å². The van der Waals surface area contributed by atoms with Crippen molar-refractivity contribution >= 4 is 5.84 Å². The lowest BCUT2D eigenvalue weighted by molar-refractivity contribution is 0.600. The quantitative estimate of drug-likeness (QED) is 0.437. The molecule has 1 fully saturated rings. The molecule has 0 aromatic rings. The van der Waals surface area contributed by atoms with E-state index in [9.17, 15) is 0 Å². The molecule has 0 saturated heterocycles. The molecular weight excluding hydrogens is 112 g/mol. The Labute approximate surface area is 55.9 Å². The van der Waals surface area contributed by atoms with Gasteiger partial charge in [-0.1, -0.05) is 13.3 Å². The third kappa shape index (κ3) is 1.07. The molecule has 0 amide bonds. The lowest BCUT2D eigenvalue weighted by atomic mass is 10.00. The van der Waals surface area contributed by atoms with E-state index in [0.717, 1.165) is 25.7 Å². The molecule has 3 N–H and O–H groups in total. The summed E-state index contributed by atoms with van der Waals surface area (Å²) in [6, 6.07) is 0. The zero-order valence-corrected chi connectivity index (χ0v) is 5.91. The van der Waals surface area contributed by atoms with Crippen molar-refractivity contribution in [1.82, 2.24) is 0 Å². The molecule has 1 saturated carbocycles. The van der Waals surface area contributed by atoms with Crippen LogP contribution in [0, 0.1) is 10.8 Å². The Morgan fingerprint density at radius 1 is 1.67 bits per heavy atom. The first-order valence-electron chi connectivity index (χ1n) is 3.56. The van der Waals surface area contributed by atoms with E-state index in [1.54, 1.807) is 0 Å². The lowest BCUT2D eigenvalue weighted by Crippen LogP contribution is -2.23. The Kier molecular flexibility index (Phi) is 1.47. The van der Waals surface area contributed by atoms with Gasteiger partial charge in [-0.15, -0.1) is 0 Å². The summed E-state index contributed by atoms with van der Waals surface area (Å²) in [7, 11) is 0. The minimum Gasteiger partial charge on any atom is -0.387 e. The zero-order chi connectivity index (χ0) is 6.91. The van der Waals surface area contributed by atoms with E-state index in [1.807, 2.05) is 0 Å². The highest BCUT2D eigenvalue weighted by Gasteiger charge is 2.44. The van der Waals surface area contributed by atoms with Crippen molar-refractivity contribution in [3.05, 3.63) is 0 Å². The number of hydrogen-bond donors (Lipinski definition) is 2. The van der Waals surface area contributed by atoms with Crippen LogP contribution >= 0.6 is 0 Å². The molecule has 2 heteroatoms. The summed E-state index contributed by atoms with van der Waals surface area (Å²) < 4.78 is 0. The zero-order valence-electron chi connectivity index (χ0n) is 5.91. The Bertz CT molecular complexity index is 125. The fourth-order valence-corrected chi connectivity index (χ4v) is 1.28. The van der Waals surface area contributed by atoms with Crippen LogP contribution in [0.15, 0.2) is 0 Å². The molecule has 0 spiro atoms. The van der Waals surface area contributed by atoms with Crippen molar-refractivity contribution in [2.24, 2.45) is 11.1 Å². The summed E-state index contributed by atoms with van der Waals surface area (Å²) in [6.45, 7) is 2.14. The van der Waals surface area contributed by atoms with E-state index in [2.05, 4.69) is 6.92 Å². The molecule has 52 valence electrons. The summed E-state index contributed by atoms with van der Waals surface area (Å²) >= 11 is 0. The van der Waals surface area contributed by atoms with Gasteiger partial charge in [0.15, 0.2) is 0 Å². The molecule has 0 aliphatic heterocycles. The Hall–Kier alpha value is -0.530. The molecule has 0 bridgehead atoms. The van der Waals surface area contributed by atoms with Crippen LogP contribution in [0.3, 0.4) is 0 Å². The van der Waals surface area contributed by atoms with Crippen LogP contribution in [-0.2, 0) is 0 Å². The maximum absolute atomic E-state index is 7.24. The number of nitrogens with two attached hydrogens (primary N) is 1. The topological polar surface area (TPSA) is 49.9 Å². The van der Waals surface area contributed by atoms with E-state index < -0.39 is 0 Å². The number of nitrogens with one attached hydrogen (secondary N) is 1. The fourth-order valence-electron chi connectivity index (χ4n) is 1.28. The van der Waals surface area contributed by atoms with Crippen molar-refractivity contribution in [1.29, 1.82) is 5.41 Å². The van der Waals surface area contributed by atoms with Gasteiger partial charge >= 0.3 is 0 Å². The minimum absolute atomic E-state index is 0.161. The standard InChI is InChI=1S/C7H14N2/c1-2-3-7(4-5-7)6(8)9/h2-5H2,1H3,(H3,8,9). The summed E-state index contributed by atoms with van der Waals surface area (Å²) in [4.78, 5) is 0. The highest BCUT2D eigenvalue weighted by Crippen LogP contribution is 2.49. The van der Waals surface area contributed by atoms with Gasteiger partial charge < -0.3 is 5.73 Å². The molecule has 0 aromatic carbocycles. The average molecular weight is 126 g/mol. The van der Waals surface area contributed by atoms with Gasteiger partial charge in [0.05, 0.1) is 5.84 Å². The SMILES string of the molecule is CCCC1(C(=N)N)CC1. The fraction of sp³-hybridized carbons (Fsp3) is 0.857. The van der Waals surface area contributed by atoms with Gasteiger partial charge in [0.1, 0.15) is 0 Å². The lowest BCUT2D eigenvalue weighted by Gasteiger charge is -2.09. The third-order valence-corrected chi connectivity index (χ3v) is 2.15. The van der Waals surface area contributed by atoms with Crippen LogP contribution in [-0.4, -0.2) is 5.84 Å². The Morgan fingerprint density at radius 2 is 2.22 bits per heavy atom. The first kappa shape index (κ1) is 6.59. The van der Waals surface area contributed by atoms with E-state index in [4.69, 9.17) is 11.1 Å². The maximum Gasteiger partial charge on any atom is 0.0968 e. The molecule has 2 nitrogen and oxygen atoms in total. The van der Waals surface area contributed by atoms with E-state index >= 15 is 0 Å². The van der Waals surface area contributed by atoms with Crippen LogP contribution in [0.4, 0.5) is 0 Å². The number of rotatable bonds is 3. The molecule has 0 atom stereocenters. The first-order chi connectivity index (χ1) is 4.21. The molecule has 9 heavy (non-hydrogen) atoms. The maximum atomic E-state index is 7.24. The van der Waals surface area contributed by atoms with E-state index in [-0.39, 0.29) is 5.41 Å². The minimum atomic E-state index is 0.161. The second-order valence-corrected chi connectivity index (χ2v) is 2.94. The third-order valence-electron chi connectivity index (χ3n) is 2.15. The Balaban J connectivity index is 2.43. The highest BCUT2D eigenvalue weighted by atomic mass is 14.8. The van der Waals surface area contributed by atoms with E-state index in [0.29, 0.717) is 5.84 Å². The predicted octanol–water partition coefficient (Wildman–Crippen LogP) is 1.50. The summed E-state index contributed by atoms with van der Waals surface area (Å²) in [5.74, 6) is 0.407. The Morgan fingerprint density at radius 3 is 2.33 bits per heavy atom. The van der Waals surface area contributed by atoms with Gasteiger partial charge in [-0.2, -0.15) is 0 Å². The second-order valence-electron chi connectivity index (χ2n) is 2.94. The van der Waals surface area contributed by atoms with Gasteiger partial charge in [-0.3, -0.25) is 5.41 Å². The molecule has 1 aliphatic rings. The molecule has 1 aliphatic carbocycles. The smallest absolute Gasteiger partial charge is 0.0968 e. The predicted molar refractivity (Wildman–Crippen MR) is 38.5 cm³/mol. The van der Waals surface area contributed by atoms with Crippen LogP contribution in [0.5, 0.6) is 0 Å². The highest BCUT2D eigenvalue weighted by molar-refractivity contribution is 5.86. The normalized spacial score (nSPS) is 21.4. The second kappa shape index (κ2) is 2.01. The van der Waals surface area contributed by atoms with Gasteiger partial charge in [-0.25, -0.2) is 0 Å². The number of hydrogen-bond acceptors (Lipinski definition) is 1. The summed E-state index contributed by atoms with van der Waals surface area (Å²) in [5.41, 5.74) is 5.56. The van der Waals surface area contributed by atoms with Gasteiger partial charge in [0.25, 0.3) is 0 Å². The average Bonchev–Trinajstić information content (AvgIpc) is 2.49. The molecule has 1 rings (SSSR count). The first-order valence-corrected chi connectivity index (χ1v) is 3.56. The molecular formula is C7H14N2. The largest absolute Gasteiger partial charge is 0.387 e. The van der Waals surface area contributed by atoms with Gasteiger partial charge in [0, 0.05) is 5.41 Å². The summed E-state index contributed by atoms with van der Waals surface area (Å²) in [6.07, 6.45) is 4.56. The molecule has 0 unspecified atom stereocenters. The molecule has 0 radical (unpaired) electrons. The van der Waals surface area contributed by atoms with Crippen LogP contribution < -0.4 is 5.73 Å². The molecule has 0 heterocycles. The van der Waals surface area contributed by atoms with Crippen molar-refractivity contribution in [2.45, 2.75) is 32.6 Å². The van der Waals surface area contributed by atoms with Crippen LogP contribution in [0.1, 0.15) is 32.6 Å². The van der Waals surface area contributed by atoms with Gasteiger partial charge in [-0.05, 0) is 19.3 Å². The van der Waals surface area contributed by atoms with Crippen LogP contribution in [0.2, 0.25) is 0 Å². The molecule has 0 aromatic heterocycles. The van der Waals surface area contributed by atoms with Crippen molar-refractivity contribution < 1.29 is 0 Å². The van der Waals surface area contributed by atoms with Crippen molar-refractivity contribution in [3.63, 3.8) is 0 Å². The monoisotopic (exact) mass is 126 g/mol. The van der Waals surface area contributed by atoms with Crippen LogP contribution in [0.25, 0.3) is 0 Å². The van der Waals surface area contributed by atoms with Gasteiger partial charge in [0.2, 0.25) is 0 Å². The van der Waals surface area contributed by atoms with Crippen molar-refractivity contribution in [3.8, 4) is 0 Å². The van der Waals surface area contributed by atoms with Crippen molar-refractivity contribution in [2.75, 3.05) is 0 Å².